The number of hydrogen-bond donors (Lipinski definition) is 0. The first-order chi connectivity index (χ1) is 15.7. The molecule has 0 bridgehead atoms. The van der Waals surface area contributed by atoms with Gasteiger partial charge in [0.2, 0.25) is 0 Å². The van der Waals surface area contributed by atoms with Gasteiger partial charge in [-0.2, -0.15) is 0 Å². The molecule has 1 aromatic carbocycles. The standard InChI is InChI=1S/C32H52/c1-3-5-6-8-26-9-11-27(12-10-26)13-14-28-17-20-32-24-31(22-21-30(32)23-28)29-18-15-25(7-4-2)16-19-29/h15-16,18-19,26-28,30-32H,3-14,17,20-24H2,1-2H3. The molecule has 0 aromatic heterocycles. The maximum Gasteiger partial charge on any atom is -0.0159 e. The number of aryl methyl sites for hydroxylation is 1. The molecular formula is C32H52. The van der Waals surface area contributed by atoms with Crippen molar-refractivity contribution < 1.29 is 0 Å². The summed E-state index contributed by atoms with van der Waals surface area (Å²) in [6.07, 6.45) is 26.7. The number of fused-ring (bicyclic) bond motifs is 1. The second kappa shape index (κ2) is 12.6. The highest BCUT2D eigenvalue weighted by atomic mass is 14.4. The van der Waals surface area contributed by atoms with Gasteiger partial charge in [-0.25, -0.2) is 0 Å². The highest BCUT2D eigenvalue weighted by Crippen LogP contribution is 2.49. The maximum absolute atomic E-state index is 2.46. The molecule has 0 amide bonds. The Bertz CT molecular complexity index is 635. The van der Waals surface area contributed by atoms with Crippen LogP contribution >= 0.6 is 0 Å². The van der Waals surface area contributed by atoms with E-state index in [0.29, 0.717) is 0 Å². The Morgan fingerprint density at radius 3 is 1.94 bits per heavy atom. The van der Waals surface area contributed by atoms with Gasteiger partial charge in [-0.05, 0) is 85.2 Å². The third-order valence-electron chi connectivity index (χ3n) is 9.88. The van der Waals surface area contributed by atoms with E-state index in [4.69, 9.17) is 0 Å². The van der Waals surface area contributed by atoms with Crippen LogP contribution in [0.1, 0.15) is 140 Å². The molecule has 3 fully saturated rings. The molecule has 1 aromatic rings. The summed E-state index contributed by atoms with van der Waals surface area (Å²) < 4.78 is 0. The molecule has 32 heavy (non-hydrogen) atoms. The topological polar surface area (TPSA) is 0 Å². The highest BCUT2D eigenvalue weighted by molar-refractivity contribution is 5.26. The lowest BCUT2D eigenvalue weighted by Crippen LogP contribution is -2.30. The lowest BCUT2D eigenvalue weighted by Gasteiger charge is -2.43. The first-order valence-corrected chi connectivity index (χ1v) is 14.8. The lowest BCUT2D eigenvalue weighted by molar-refractivity contribution is 0.108. The molecule has 4 atom stereocenters. The predicted molar refractivity (Wildman–Crippen MR) is 140 cm³/mol. The van der Waals surface area contributed by atoms with Gasteiger partial charge in [0.05, 0.1) is 0 Å². The molecule has 4 rings (SSSR count). The average Bonchev–Trinajstić information content (AvgIpc) is 2.84. The molecule has 0 spiro atoms. The van der Waals surface area contributed by atoms with Crippen LogP contribution in [0.4, 0.5) is 0 Å². The van der Waals surface area contributed by atoms with Crippen molar-refractivity contribution in [1.82, 2.24) is 0 Å². The average molecular weight is 437 g/mol. The summed E-state index contributed by atoms with van der Waals surface area (Å²) in [4.78, 5) is 0. The van der Waals surface area contributed by atoms with Gasteiger partial charge in [0.15, 0.2) is 0 Å². The minimum absolute atomic E-state index is 0.844. The second-order valence-corrected chi connectivity index (χ2v) is 12.2. The molecule has 3 saturated carbocycles. The van der Waals surface area contributed by atoms with Gasteiger partial charge in [-0.1, -0.05) is 115 Å². The fourth-order valence-electron chi connectivity index (χ4n) is 7.76. The molecule has 3 aliphatic rings. The van der Waals surface area contributed by atoms with Crippen molar-refractivity contribution in [1.29, 1.82) is 0 Å². The minimum atomic E-state index is 0.844. The number of benzene rings is 1. The van der Waals surface area contributed by atoms with E-state index in [0.717, 1.165) is 35.5 Å². The van der Waals surface area contributed by atoms with Crippen LogP contribution in [0.3, 0.4) is 0 Å². The van der Waals surface area contributed by atoms with Crippen LogP contribution in [0.5, 0.6) is 0 Å². The van der Waals surface area contributed by atoms with Crippen LogP contribution in [-0.2, 0) is 6.42 Å². The Labute approximate surface area is 200 Å². The summed E-state index contributed by atoms with van der Waals surface area (Å²) in [6, 6.07) is 9.72. The smallest absolute Gasteiger partial charge is 0.0159 e. The summed E-state index contributed by atoms with van der Waals surface area (Å²) in [5, 5.41) is 0. The maximum atomic E-state index is 2.46. The van der Waals surface area contributed by atoms with E-state index in [9.17, 15) is 0 Å². The van der Waals surface area contributed by atoms with Crippen molar-refractivity contribution in [3.05, 3.63) is 35.4 Å². The Hall–Kier alpha value is -0.780. The molecule has 0 nitrogen and oxygen atoms in total. The van der Waals surface area contributed by atoms with Crippen molar-refractivity contribution >= 4 is 0 Å². The van der Waals surface area contributed by atoms with Crippen LogP contribution in [0.15, 0.2) is 24.3 Å². The van der Waals surface area contributed by atoms with E-state index in [1.165, 1.54) is 76.2 Å². The van der Waals surface area contributed by atoms with E-state index in [2.05, 4.69) is 38.1 Å². The van der Waals surface area contributed by atoms with Gasteiger partial charge in [0.25, 0.3) is 0 Å². The first-order valence-electron chi connectivity index (χ1n) is 14.8. The Kier molecular flexibility index (Phi) is 9.60. The van der Waals surface area contributed by atoms with E-state index < -0.39 is 0 Å². The zero-order valence-corrected chi connectivity index (χ0v) is 21.5. The molecule has 0 heteroatoms. The second-order valence-electron chi connectivity index (χ2n) is 12.2. The van der Waals surface area contributed by atoms with Crippen LogP contribution < -0.4 is 0 Å². The zero-order valence-electron chi connectivity index (χ0n) is 21.5. The van der Waals surface area contributed by atoms with Crippen molar-refractivity contribution in [2.24, 2.45) is 29.6 Å². The number of hydrogen-bond acceptors (Lipinski definition) is 0. The van der Waals surface area contributed by atoms with E-state index in [-0.39, 0.29) is 0 Å². The van der Waals surface area contributed by atoms with Crippen molar-refractivity contribution in [3.8, 4) is 0 Å². The van der Waals surface area contributed by atoms with Gasteiger partial charge in [0.1, 0.15) is 0 Å². The molecular weight excluding hydrogens is 384 g/mol. The van der Waals surface area contributed by atoms with Gasteiger partial charge in [-0.3, -0.25) is 0 Å². The van der Waals surface area contributed by atoms with Crippen LogP contribution in [-0.4, -0.2) is 0 Å². The molecule has 0 heterocycles. The fourth-order valence-corrected chi connectivity index (χ4v) is 7.76. The monoisotopic (exact) mass is 436 g/mol. The van der Waals surface area contributed by atoms with E-state index >= 15 is 0 Å². The summed E-state index contributed by atoms with van der Waals surface area (Å²) in [7, 11) is 0. The summed E-state index contributed by atoms with van der Waals surface area (Å²) in [6.45, 7) is 4.62. The molecule has 0 N–H and O–H groups in total. The predicted octanol–water partition coefficient (Wildman–Crippen LogP) is 10.1. The zero-order chi connectivity index (χ0) is 22.2. The van der Waals surface area contributed by atoms with Crippen molar-refractivity contribution in [3.63, 3.8) is 0 Å². The van der Waals surface area contributed by atoms with E-state index in [1.807, 2.05) is 0 Å². The van der Waals surface area contributed by atoms with Crippen LogP contribution in [0, 0.1) is 29.6 Å². The minimum Gasteiger partial charge on any atom is -0.0654 e. The third kappa shape index (κ3) is 6.87. The first kappa shape index (κ1) is 24.3. The van der Waals surface area contributed by atoms with E-state index in [1.54, 1.807) is 50.5 Å². The van der Waals surface area contributed by atoms with Gasteiger partial charge in [0, 0.05) is 0 Å². The van der Waals surface area contributed by atoms with Crippen LogP contribution in [0.2, 0.25) is 0 Å². The van der Waals surface area contributed by atoms with Crippen molar-refractivity contribution in [2.75, 3.05) is 0 Å². The molecule has 3 aliphatic carbocycles. The molecule has 180 valence electrons. The summed E-state index contributed by atoms with van der Waals surface area (Å²) >= 11 is 0. The Balaban J connectivity index is 1.15. The Morgan fingerprint density at radius 1 is 0.594 bits per heavy atom. The lowest BCUT2D eigenvalue weighted by atomic mass is 9.63. The van der Waals surface area contributed by atoms with Gasteiger partial charge in [-0.15, -0.1) is 0 Å². The highest BCUT2D eigenvalue weighted by Gasteiger charge is 2.36. The SMILES string of the molecule is CCCCCC1CCC(CCC2CCC3CC(c4ccc(CCC)cc4)CCC3C2)CC1. The fraction of sp³-hybridized carbons (Fsp3) is 0.812. The van der Waals surface area contributed by atoms with Gasteiger partial charge >= 0.3 is 0 Å². The van der Waals surface area contributed by atoms with Gasteiger partial charge < -0.3 is 0 Å². The van der Waals surface area contributed by atoms with Crippen molar-refractivity contribution in [2.45, 2.75) is 135 Å². The number of unbranched alkanes of at least 4 members (excludes halogenated alkanes) is 2. The summed E-state index contributed by atoms with van der Waals surface area (Å²) in [5.41, 5.74) is 3.16. The molecule has 4 unspecified atom stereocenters. The Morgan fingerprint density at radius 2 is 1.22 bits per heavy atom. The third-order valence-corrected chi connectivity index (χ3v) is 9.88. The molecule has 0 aliphatic heterocycles. The normalized spacial score (nSPS) is 33.1. The number of rotatable bonds is 10. The largest absolute Gasteiger partial charge is 0.0654 e. The quantitative estimate of drug-likeness (QED) is 0.320. The summed E-state index contributed by atoms with van der Waals surface area (Å²) in [5.74, 6) is 6.13. The molecule has 0 radical (unpaired) electrons. The molecule has 0 saturated heterocycles. The van der Waals surface area contributed by atoms with Crippen LogP contribution in [0.25, 0.3) is 0 Å².